The average Bonchev–Trinajstić information content (AvgIpc) is 1.53. The van der Waals surface area contributed by atoms with Crippen LogP contribution in [0, 0.1) is 35.5 Å². The van der Waals surface area contributed by atoms with Crippen molar-refractivity contribution in [2.75, 3.05) is 28.4 Å². The molecule has 2 aliphatic heterocycles. The van der Waals surface area contributed by atoms with Crippen LogP contribution in [0.3, 0.4) is 0 Å². The van der Waals surface area contributed by atoms with Crippen LogP contribution in [0.4, 0.5) is 26.3 Å². The minimum Gasteiger partial charge on any atom is -0.496 e. The van der Waals surface area contributed by atoms with Gasteiger partial charge in [-0.25, -0.2) is 0 Å². The topological polar surface area (TPSA) is 36.9 Å². The van der Waals surface area contributed by atoms with Gasteiger partial charge in [-0.3, -0.25) is 0 Å². The van der Waals surface area contributed by atoms with Crippen molar-refractivity contribution < 1.29 is 45.3 Å². The lowest BCUT2D eigenvalue weighted by atomic mass is 9.41. The van der Waals surface area contributed by atoms with E-state index < -0.39 is 49.9 Å². The average molecular weight is 1150 g/mol. The van der Waals surface area contributed by atoms with Gasteiger partial charge in [-0.05, 0) is 145 Å². The van der Waals surface area contributed by atoms with Gasteiger partial charge in [0.05, 0.1) is 14.2 Å². The van der Waals surface area contributed by atoms with Crippen molar-refractivity contribution in [1.82, 2.24) is 0 Å². The van der Waals surface area contributed by atoms with Crippen molar-refractivity contribution in [3.63, 3.8) is 0 Å². The van der Waals surface area contributed by atoms with Gasteiger partial charge in [0, 0.05) is 90.1 Å². The van der Waals surface area contributed by atoms with E-state index in [1.807, 2.05) is 66.7 Å². The third-order valence-electron chi connectivity index (χ3n) is 19.1. The Kier molecular flexibility index (Phi) is 12.3. The second kappa shape index (κ2) is 19.0. The summed E-state index contributed by atoms with van der Waals surface area (Å²) in [5.74, 6) is 0.209. The van der Waals surface area contributed by atoms with Crippen LogP contribution in [-0.4, -0.2) is 56.1 Å². The Morgan fingerprint density at radius 1 is 0.446 bits per heavy atom. The summed E-state index contributed by atoms with van der Waals surface area (Å²) >= 11 is 2.11. The fraction of sp³-hybridized carbons (Fsp3) is 0.296. The lowest BCUT2D eigenvalue weighted by Gasteiger charge is -2.63. The summed E-state index contributed by atoms with van der Waals surface area (Å²) in [6, 6.07) is 47.8. The zero-order valence-corrected chi connectivity index (χ0v) is 48.1. The molecule has 12 heteroatoms. The van der Waals surface area contributed by atoms with Crippen LogP contribution < -0.4 is 9.47 Å². The first-order valence-electron chi connectivity index (χ1n) is 27.9. The standard InChI is InChI=1S/C71H56F6O4S2/c1-41-59-61-62(68(74,75)71(76,77)67(61,72)73)60-42(2)64(83-70(60,81-6)69(59,80-5)82-63(41)47-17-11-8-12-18-47)48-27-31-50(32-28-48)66-38-45-35-46(39-66)37-65(36-45,40-66)49-29-23-44(24-30-49)26-34-54-52-20-14-21-55(78-3)57(52)53(33-25-43-15-9-7-10-16-43)51-19-13-22-56(79-4)58(51)54/h7-24,27-32,45-46H,35-40H2,1-6H3/t45-,46+,65?,66?,69?,70?. The van der Waals surface area contributed by atoms with Gasteiger partial charge in [0.25, 0.3) is 0 Å². The van der Waals surface area contributed by atoms with Gasteiger partial charge in [0.15, 0.2) is 9.87 Å². The minimum atomic E-state index is -5.74. The predicted octanol–water partition coefficient (Wildman–Crippen LogP) is 17.5. The van der Waals surface area contributed by atoms with Gasteiger partial charge in [0.1, 0.15) is 11.5 Å². The van der Waals surface area contributed by atoms with Gasteiger partial charge < -0.3 is 18.9 Å². The van der Waals surface area contributed by atoms with Gasteiger partial charge in [-0.1, -0.05) is 156 Å². The van der Waals surface area contributed by atoms with E-state index in [0.29, 0.717) is 44.3 Å². The van der Waals surface area contributed by atoms with E-state index in [-0.39, 0.29) is 22.0 Å². The lowest BCUT2D eigenvalue weighted by molar-refractivity contribution is -0.258. The van der Waals surface area contributed by atoms with Gasteiger partial charge >= 0.3 is 17.8 Å². The number of alkyl halides is 6. The molecule has 0 saturated heterocycles. The second-order valence-corrected chi connectivity index (χ2v) is 25.8. The number of benzene rings is 7. The summed E-state index contributed by atoms with van der Waals surface area (Å²) in [4.78, 5) is -3.02. The van der Waals surface area contributed by atoms with E-state index in [1.54, 1.807) is 51.5 Å². The molecule has 0 aromatic heterocycles. The minimum absolute atomic E-state index is 0.0618. The Bertz CT molecular complexity index is 4170. The number of rotatable bonds is 8. The van der Waals surface area contributed by atoms with E-state index in [9.17, 15) is 0 Å². The van der Waals surface area contributed by atoms with Crippen LogP contribution in [0.1, 0.15) is 96.9 Å². The van der Waals surface area contributed by atoms with Crippen LogP contribution in [0.2, 0.25) is 0 Å². The molecule has 4 unspecified atom stereocenters. The molecule has 4 nitrogen and oxygen atoms in total. The zero-order chi connectivity index (χ0) is 57.6. The smallest absolute Gasteiger partial charge is 0.380 e. The quantitative estimate of drug-likeness (QED) is 0.0857. The van der Waals surface area contributed by atoms with Gasteiger partial charge in [0.2, 0.25) is 0 Å². The third kappa shape index (κ3) is 7.41. The lowest BCUT2D eigenvalue weighted by Crippen LogP contribution is -2.56. The number of methoxy groups -OCH3 is 4. The molecule has 0 N–H and O–H groups in total. The number of halogens is 6. The van der Waals surface area contributed by atoms with Crippen LogP contribution >= 0.6 is 23.5 Å². The molecule has 2 heterocycles. The molecule has 15 rings (SSSR count). The van der Waals surface area contributed by atoms with Crippen molar-refractivity contribution in [2.24, 2.45) is 11.8 Å². The van der Waals surface area contributed by atoms with Gasteiger partial charge in [-0.2, -0.15) is 26.3 Å². The van der Waals surface area contributed by atoms with Crippen molar-refractivity contribution in [3.8, 4) is 35.2 Å². The summed E-state index contributed by atoms with van der Waals surface area (Å²) in [6.45, 7) is 3.06. The molecule has 0 spiro atoms. The molecule has 418 valence electrons. The molecule has 83 heavy (non-hydrogen) atoms. The second-order valence-electron chi connectivity index (χ2n) is 23.4. The number of thioether (sulfide) groups is 2. The first kappa shape index (κ1) is 53.9. The first-order chi connectivity index (χ1) is 39.9. The maximum absolute atomic E-state index is 16.6. The van der Waals surface area contributed by atoms with E-state index in [1.165, 1.54) is 38.7 Å². The molecule has 6 aliphatic carbocycles. The summed E-state index contributed by atoms with van der Waals surface area (Å²) < 4.78 is 123. The normalized spacial score (nSPS) is 27.6. The third-order valence-corrected chi connectivity index (χ3v) is 22.6. The van der Waals surface area contributed by atoms with Crippen molar-refractivity contribution in [2.45, 2.75) is 90.8 Å². The molecule has 5 fully saturated rings. The highest BCUT2D eigenvalue weighted by Gasteiger charge is 2.86. The van der Waals surface area contributed by atoms with Crippen LogP contribution in [0.15, 0.2) is 179 Å². The number of hydrogen-bond acceptors (Lipinski definition) is 6. The van der Waals surface area contributed by atoms with E-state index in [4.69, 9.17) is 18.9 Å². The molecule has 0 radical (unpaired) electrons. The molecule has 6 atom stereocenters. The first-order valence-corrected chi connectivity index (χ1v) is 29.6. The number of hydrogen-bond donors (Lipinski definition) is 0. The highest BCUT2D eigenvalue weighted by atomic mass is 32.2. The fourth-order valence-corrected chi connectivity index (χ4v) is 19.4. The summed E-state index contributed by atoms with van der Waals surface area (Å²) in [5.41, 5.74) is 3.72. The van der Waals surface area contributed by atoms with Crippen molar-refractivity contribution >= 4 is 54.9 Å². The molecule has 0 amide bonds. The molecule has 7 aromatic carbocycles. The predicted molar refractivity (Wildman–Crippen MR) is 319 cm³/mol. The Morgan fingerprint density at radius 3 is 1.29 bits per heavy atom. The van der Waals surface area contributed by atoms with E-state index in [2.05, 4.69) is 72.2 Å². The largest absolute Gasteiger partial charge is 0.496 e. The van der Waals surface area contributed by atoms with Crippen LogP contribution in [0.25, 0.3) is 31.4 Å². The van der Waals surface area contributed by atoms with Gasteiger partial charge in [-0.15, -0.1) is 0 Å². The Balaban J connectivity index is 0.805. The molecular weight excluding hydrogens is 1090 g/mol. The van der Waals surface area contributed by atoms with Crippen molar-refractivity contribution in [3.05, 3.63) is 224 Å². The van der Waals surface area contributed by atoms with Crippen LogP contribution in [-0.2, 0) is 20.3 Å². The number of fused-ring (bicyclic) bond motifs is 6. The maximum Gasteiger partial charge on any atom is 0.380 e. The molecule has 7 aromatic rings. The van der Waals surface area contributed by atoms with E-state index >= 15 is 26.3 Å². The molecular formula is C71H56F6O4S2. The summed E-state index contributed by atoms with van der Waals surface area (Å²) in [7, 11) is 5.96. The molecule has 4 bridgehead atoms. The Labute approximate surface area is 487 Å². The van der Waals surface area contributed by atoms with Crippen molar-refractivity contribution in [1.29, 1.82) is 0 Å². The number of allylic oxidation sites excluding steroid dienone is 2. The summed E-state index contributed by atoms with van der Waals surface area (Å²) in [5, 5.41) is 3.59. The SMILES string of the molecule is COc1cccc2c(C#Cc3ccc(C45C[C@H]6C[C@@H](C4)CC(c4ccc(C7=C(C)C8=C9C(=C%10C(C)=C(c%11ccccc%11)SC%10(OC)C8(OC)S7)C(F)(F)C(F)(F)C9(F)F)cc4)(C6)C5)cc3)c3c(OC)cccc3c(C#Cc3ccccc3)c12. The fourth-order valence-electron chi connectivity index (χ4n) is 16.0. The Morgan fingerprint density at radius 2 is 0.855 bits per heavy atom. The maximum atomic E-state index is 16.6. The highest BCUT2D eigenvalue weighted by molar-refractivity contribution is 8.14. The molecule has 5 saturated carbocycles. The van der Waals surface area contributed by atoms with E-state index in [0.717, 1.165) is 99.4 Å². The highest BCUT2D eigenvalue weighted by Crippen LogP contribution is 2.78. The monoisotopic (exact) mass is 1150 g/mol. The summed E-state index contributed by atoms with van der Waals surface area (Å²) in [6.07, 6.45) is 6.39. The Hall–Kier alpha value is -7.06. The van der Waals surface area contributed by atoms with Crippen LogP contribution in [0.5, 0.6) is 11.5 Å². The zero-order valence-electron chi connectivity index (χ0n) is 46.5. The number of ether oxygens (including phenoxy) is 4. The molecule has 8 aliphatic rings.